The van der Waals surface area contributed by atoms with Gasteiger partial charge in [-0.1, -0.05) is 23.3 Å². The van der Waals surface area contributed by atoms with Gasteiger partial charge in [0.15, 0.2) is 0 Å². The molecule has 0 fully saturated rings. The lowest BCUT2D eigenvalue weighted by molar-refractivity contribution is -0.116. The average molecular weight is 229 g/mol. The number of carbonyl (C=O) groups excluding carboxylic acids is 1. The number of carbonyl (C=O) groups is 1. The molecule has 0 aliphatic carbocycles. The summed E-state index contributed by atoms with van der Waals surface area (Å²) in [4.78, 5) is 10.9. The Balaban J connectivity index is 3.70. The number of allylic oxidation sites excluding steroid dienone is 4. The van der Waals surface area contributed by atoms with Crippen molar-refractivity contribution in [2.75, 3.05) is 5.88 Å². The minimum Gasteiger partial charge on any atom is -0.298 e. The first-order valence-corrected chi connectivity index (χ1v) is 5.96. The van der Waals surface area contributed by atoms with Crippen LogP contribution in [0.15, 0.2) is 23.3 Å². The lowest BCUT2D eigenvalue weighted by Gasteiger charge is -1.99. The van der Waals surface area contributed by atoms with Gasteiger partial charge in [-0.3, -0.25) is 4.79 Å². The SMILES string of the molecule is CC(C)=CCCC(C)=CCCC(=O)CCl. The van der Waals surface area contributed by atoms with Gasteiger partial charge in [-0.2, -0.15) is 0 Å². The van der Waals surface area contributed by atoms with Crippen LogP contribution in [0.1, 0.15) is 46.5 Å². The third-order valence-corrected chi connectivity index (χ3v) is 2.45. The van der Waals surface area contributed by atoms with Crippen LogP contribution in [0.4, 0.5) is 0 Å². The molecule has 0 aromatic rings. The van der Waals surface area contributed by atoms with Crippen LogP contribution in [-0.4, -0.2) is 11.7 Å². The smallest absolute Gasteiger partial charge is 0.147 e. The first-order valence-electron chi connectivity index (χ1n) is 5.43. The summed E-state index contributed by atoms with van der Waals surface area (Å²) in [7, 11) is 0. The third-order valence-electron chi connectivity index (χ3n) is 2.16. The van der Waals surface area contributed by atoms with Crippen LogP contribution >= 0.6 is 11.6 Å². The van der Waals surface area contributed by atoms with Crippen molar-refractivity contribution in [3.63, 3.8) is 0 Å². The highest BCUT2D eigenvalue weighted by molar-refractivity contribution is 6.27. The summed E-state index contributed by atoms with van der Waals surface area (Å²) in [5, 5.41) is 0. The van der Waals surface area contributed by atoms with E-state index in [4.69, 9.17) is 11.6 Å². The van der Waals surface area contributed by atoms with Crippen molar-refractivity contribution in [3.05, 3.63) is 23.3 Å². The number of halogens is 1. The Kier molecular flexibility index (Phi) is 8.40. The minimum atomic E-state index is 0.130. The van der Waals surface area contributed by atoms with Gasteiger partial charge in [-0.15, -0.1) is 11.6 Å². The van der Waals surface area contributed by atoms with Crippen LogP contribution in [0.5, 0.6) is 0 Å². The summed E-state index contributed by atoms with van der Waals surface area (Å²) in [6.07, 6.45) is 7.95. The van der Waals surface area contributed by atoms with Crippen molar-refractivity contribution in [1.29, 1.82) is 0 Å². The fourth-order valence-corrected chi connectivity index (χ4v) is 1.37. The molecule has 15 heavy (non-hydrogen) atoms. The highest BCUT2D eigenvalue weighted by atomic mass is 35.5. The third kappa shape index (κ3) is 9.74. The van der Waals surface area contributed by atoms with Gasteiger partial charge in [0.2, 0.25) is 0 Å². The van der Waals surface area contributed by atoms with Gasteiger partial charge in [0.1, 0.15) is 5.78 Å². The lowest BCUT2D eigenvalue weighted by atomic mass is 10.1. The van der Waals surface area contributed by atoms with Crippen molar-refractivity contribution in [3.8, 4) is 0 Å². The monoisotopic (exact) mass is 228 g/mol. The molecular weight excluding hydrogens is 208 g/mol. The molecule has 0 saturated heterocycles. The Morgan fingerprint density at radius 1 is 1.07 bits per heavy atom. The van der Waals surface area contributed by atoms with Crippen molar-refractivity contribution in [2.24, 2.45) is 0 Å². The fourth-order valence-electron chi connectivity index (χ4n) is 1.24. The molecule has 0 bridgehead atoms. The Labute approximate surface area is 98.2 Å². The van der Waals surface area contributed by atoms with Gasteiger partial charge in [-0.05, 0) is 40.0 Å². The molecule has 0 amide bonds. The summed E-state index contributed by atoms with van der Waals surface area (Å²) in [5.74, 6) is 0.273. The second-order valence-corrected chi connectivity index (χ2v) is 4.35. The van der Waals surface area contributed by atoms with Crippen LogP contribution in [0, 0.1) is 0 Å². The lowest BCUT2D eigenvalue weighted by Crippen LogP contribution is -1.97. The van der Waals surface area contributed by atoms with Gasteiger partial charge in [0.25, 0.3) is 0 Å². The van der Waals surface area contributed by atoms with Crippen molar-refractivity contribution in [2.45, 2.75) is 46.5 Å². The Hall–Kier alpha value is -0.560. The molecule has 0 radical (unpaired) electrons. The van der Waals surface area contributed by atoms with Gasteiger partial charge in [0, 0.05) is 6.42 Å². The summed E-state index contributed by atoms with van der Waals surface area (Å²) >= 11 is 5.41. The van der Waals surface area contributed by atoms with E-state index < -0.39 is 0 Å². The summed E-state index contributed by atoms with van der Waals surface area (Å²) in [5.41, 5.74) is 2.72. The number of ketones is 1. The van der Waals surface area contributed by atoms with E-state index in [1.54, 1.807) is 0 Å². The topological polar surface area (TPSA) is 17.1 Å². The van der Waals surface area contributed by atoms with E-state index in [0.717, 1.165) is 19.3 Å². The van der Waals surface area contributed by atoms with E-state index in [9.17, 15) is 4.79 Å². The zero-order valence-corrected chi connectivity index (χ0v) is 10.7. The molecule has 0 N–H and O–H groups in total. The highest BCUT2D eigenvalue weighted by Gasteiger charge is 1.97. The molecule has 1 nitrogen and oxygen atoms in total. The van der Waals surface area contributed by atoms with Crippen LogP contribution in [0.3, 0.4) is 0 Å². The molecule has 0 saturated carbocycles. The van der Waals surface area contributed by atoms with Gasteiger partial charge < -0.3 is 0 Å². The molecule has 0 rings (SSSR count). The second kappa shape index (κ2) is 8.72. The van der Waals surface area contributed by atoms with Crippen LogP contribution in [-0.2, 0) is 4.79 Å². The largest absolute Gasteiger partial charge is 0.298 e. The number of hydrogen-bond acceptors (Lipinski definition) is 1. The molecule has 2 heteroatoms. The Bertz CT molecular complexity index is 247. The number of Topliss-reactive ketones (excluding diaryl/α,β-unsaturated/α-hetero) is 1. The number of rotatable bonds is 7. The number of alkyl halides is 1. The quantitative estimate of drug-likeness (QED) is 0.470. The zero-order chi connectivity index (χ0) is 11.7. The van der Waals surface area contributed by atoms with Crippen molar-refractivity contribution >= 4 is 17.4 Å². The molecular formula is C13H21ClO. The van der Waals surface area contributed by atoms with Crippen molar-refractivity contribution in [1.82, 2.24) is 0 Å². The van der Waals surface area contributed by atoms with E-state index in [-0.39, 0.29) is 11.7 Å². The maximum Gasteiger partial charge on any atom is 0.147 e. The second-order valence-electron chi connectivity index (χ2n) is 4.08. The van der Waals surface area contributed by atoms with Crippen molar-refractivity contribution < 1.29 is 4.79 Å². The molecule has 0 aliphatic rings. The maximum atomic E-state index is 10.9. The zero-order valence-electron chi connectivity index (χ0n) is 9.98. The summed E-state index contributed by atoms with van der Waals surface area (Å²) in [6, 6.07) is 0. The molecule has 0 aromatic heterocycles. The molecule has 0 aromatic carbocycles. The Morgan fingerprint density at radius 2 is 1.67 bits per heavy atom. The summed E-state index contributed by atoms with van der Waals surface area (Å²) < 4.78 is 0. The van der Waals surface area contributed by atoms with Crippen LogP contribution < -0.4 is 0 Å². The molecule has 0 unspecified atom stereocenters. The van der Waals surface area contributed by atoms with Gasteiger partial charge in [-0.25, -0.2) is 0 Å². The van der Waals surface area contributed by atoms with Crippen LogP contribution in [0.25, 0.3) is 0 Å². The first kappa shape index (κ1) is 14.4. The minimum absolute atomic E-state index is 0.130. The Morgan fingerprint density at radius 3 is 2.20 bits per heavy atom. The van der Waals surface area contributed by atoms with E-state index in [1.165, 1.54) is 11.1 Å². The predicted octanol–water partition coefficient (Wildman–Crippen LogP) is 4.27. The van der Waals surface area contributed by atoms with E-state index in [2.05, 4.69) is 32.9 Å². The van der Waals surface area contributed by atoms with E-state index in [0.29, 0.717) is 6.42 Å². The molecule has 0 heterocycles. The number of hydrogen-bond donors (Lipinski definition) is 0. The molecule has 0 spiro atoms. The fraction of sp³-hybridized carbons (Fsp3) is 0.615. The molecule has 86 valence electrons. The average Bonchev–Trinajstić information content (AvgIpc) is 2.17. The van der Waals surface area contributed by atoms with E-state index in [1.807, 2.05) is 0 Å². The van der Waals surface area contributed by atoms with Gasteiger partial charge >= 0.3 is 0 Å². The molecule has 0 atom stereocenters. The van der Waals surface area contributed by atoms with E-state index >= 15 is 0 Å². The summed E-state index contributed by atoms with van der Waals surface area (Å²) in [6.45, 7) is 6.33. The van der Waals surface area contributed by atoms with Gasteiger partial charge in [0.05, 0.1) is 5.88 Å². The predicted molar refractivity (Wildman–Crippen MR) is 67.4 cm³/mol. The first-order chi connectivity index (χ1) is 7.06. The highest BCUT2D eigenvalue weighted by Crippen LogP contribution is 2.08. The van der Waals surface area contributed by atoms with Crippen LogP contribution in [0.2, 0.25) is 0 Å². The maximum absolute atomic E-state index is 10.9. The normalized spacial score (nSPS) is 11.3. The standard InChI is InChI=1S/C13H21ClO/c1-11(2)6-4-7-12(3)8-5-9-13(15)10-14/h6,8H,4-5,7,9-10H2,1-3H3. The molecule has 0 aliphatic heterocycles.